The summed E-state index contributed by atoms with van der Waals surface area (Å²) in [6.07, 6.45) is 6.15. The molecular weight excluding hydrogens is 328 g/mol. The van der Waals surface area contributed by atoms with Gasteiger partial charge in [0.25, 0.3) is 5.91 Å². The summed E-state index contributed by atoms with van der Waals surface area (Å²) in [6.45, 7) is 3.66. The van der Waals surface area contributed by atoms with Crippen LogP contribution in [-0.4, -0.2) is 17.9 Å². The minimum absolute atomic E-state index is 0.00675. The molecule has 5 rings (SSSR count). The van der Waals surface area contributed by atoms with Crippen LogP contribution in [0.25, 0.3) is 0 Å². The normalized spacial score (nSPS) is 32.8. The summed E-state index contributed by atoms with van der Waals surface area (Å²) in [5.74, 6) is 2.42. The Bertz CT molecular complexity index is 680. The molecule has 1 atom stereocenters. The predicted molar refractivity (Wildman–Crippen MR) is 98.2 cm³/mol. The molecule has 4 saturated carbocycles. The van der Waals surface area contributed by atoms with Crippen molar-refractivity contribution < 1.29 is 14.3 Å². The monoisotopic (exact) mass is 356 g/mol. The highest BCUT2D eigenvalue weighted by Crippen LogP contribution is 2.60. The number of nitrogens with one attached hydrogen (secondary N) is 2. The van der Waals surface area contributed by atoms with E-state index in [0.717, 1.165) is 24.8 Å². The van der Waals surface area contributed by atoms with Gasteiger partial charge in [0.1, 0.15) is 5.75 Å². The lowest BCUT2D eigenvalue weighted by Crippen LogP contribution is -2.57. The van der Waals surface area contributed by atoms with Crippen LogP contribution in [0.5, 0.6) is 5.75 Å². The molecule has 1 unspecified atom stereocenters. The Labute approximate surface area is 154 Å². The van der Waals surface area contributed by atoms with Gasteiger partial charge in [-0.3, -0.25) is 20.4 Å². The fourth-order valence-corrected chi connectivity index (χ4v) is 5.69. The van der Waals surface area contributed by atoms with Crippen LogP contribution in [0, 0.1) is 30.1 Å². The molecule has 0 radical (unpaired) electrons. The van der Waals surface area contributed by atoms with E-state index in [9.17, 15) is 9.59 Å². The molecule has 4 aliphatic rings. The Morgan fingerprint density at radius 2 is 1.69 bits per heavy atom. The molecule has 140 valence electrons. The van der Waals surface area contributed by atoms with Crippen LogP contribution < -0.4 is 15.6 Å². The summed E-state index contributed by atoms with van der Waals surface area (Å²) in [4.78, 5) is 25.2. The third-order valence-electron chi connectivity index (χ3n) is 6.49. The molecule has 0 aromatic heterocycles. The number of aryl methyl sites for hydroxylation is 1. The molecule has 4 bridgehead atoms. The van der Waals surface area contributed by atoms with Gasteiger partial charge in [-0.2, -0.15) is 0 Å². The highest BCUT2D eigenvalue weighted by atomic mass is 16.5. The number of ether oxygens (including phenoxy) is 1. The van der Waals surface area contributed by atoms with E-state index in [-0.39, 0.29) is 17.2 Å². The second-order valence-corrected chi connectivity index (χ2v) is 8.72. The van der Waals surface area contributed by atoms with Crippen molar-refractivity contribution in [2.45, 2.75) is 58.5 Å². The average molecular weight is 356 g/mol. The van der Waals surface area contributed by atoms with Crippen molar-refractivity contribution in [1.29, 1.82) is 0 Å². The summed E-state index contributed by atoms with van der Waals surface area (Å²) in [6, 6.07) is 7.58. The summed E-state index contributed by atoms with van der Waals surface area (Å²) in [5.41, 5.74) is 6.09. The summed E-state index contributed by atoms with van der Waals surface area (Å²) in [5, 5.41) is 0. The second kappa shape index (κ2) is 6.60. The van der Waals surface area contributed by atoms with Gasteiger partial charge in [0.15, 0.2) is 6.10 Å². The van der Waals surface area contributed by atoms with E-state index in [2.05, 4.69) is 10.9 Å². The molecule has 1 aromatic rings. The van der Waals surface area contributed by atoms with Gasteiger partial charge in [-0.15, -0.1) is 0 Å². The number of hydrazine groups is 1. The maximum Gasteiger partial charge on any atom is 0.279 e. The quantitative estimate of drug-likeness (QED) is 0.815. The van der Waals surface area contributed by atoms with Crippen molar-refractivity contribution in [3.63, 3.8) is 0 Å². The van der Waals surface area contributed by atoms with Crippen LogP contribution in [0.1, 0.15) is 51.0 Å². The first kappa shape index (κ1) is 17.4. The van der Waals surface area contributed by atoms with Gasteiger partial charge in [-0.1, -0.05) is 12.1 Å². The van der Waals surface area contributed by atoms with E-state index < -0.39 is 6.10 Å². The van der Waals surface area contributed by atoms with E-state index in [4.69, 9.17) is 4.74 Å². The molecule has 5 nitrogen and oxygen atoms in total. The Morgan fingerprint density at radius 1 is 1.08 bits per heavy atom. The van der Waals surface area contributed by atoms with Crippen LogP contribution in [0.4, 0.5) is 0 Å². The van der Waals surface area contributed by atoms with Crippen molar-refractivity contribution in [2.24, 2.45) is 23.2 Å². The third kappa shape index (κ3) is 3.31. The van der Waals surface area contributed by atoms with Gasteiger partial charge in [0, 0.05) is 0 Å². The zero-order valence-electron chi connectivity index (χ0n) is 15.6. The SMILES string of the molecule is Cc1cccc(OC(C)C(=O)NNC(=O)C23CC4CC(CC(C4)C2)C3)c1. The van der Waals surface area contributed by atoms with Crippen molar-refractivity contribution >= 4 is 11.8 Å². The molecule has 0 saturated heterocycles. The van der Waals surface area contributed by atoms with Gasteiger partial charge in [0.2, 0.25) is 5.91 Å². The van der Waals surface area contributed by atoms with Crippen molar-refractivity contribution in [2.75, 3.05) is 0 Å². The summed E-state index contributed by atoms with van der Waals surface area (Å²) in [7, 11) is 0. The van der Waals surface area contributed by atoms with E-state index in [1.807, 2.05) is 31.2 Å². The van der Waals surface area contributed by atoms with Crippen LogP contribution in [0.15, 0.2) is 24.3 Å². The molecule has 0 aliphatic heterocycles. The largest absolute Gasteiger partial charge is 0.481 e. The van der Waals surface area contributed by atoms with Crippen LogP contribution in [0.2, 0.25) is 0 Å². The standard InChI is InChI=1S/C21H28N2O3/c1-13-4-3-5-18(6-13)26-14(2)19(24)22-23-20(25)21-10-15-7-16(11-21)9-17(8-15)12-21/h3-6,14-17H,7-12H2,1-2H3,(H,22,24)(H,23,25). The molecule has 2 N–H and O–H groups in total. The molecule has 26 heavy (non-hydrogen) atoms. The Morgan fingerprint density at radius 3 is 2.27 bits per heavy atom. The summed E-state index contributed by atoms with van der Waals surface area (Å²) < 4.78 is 5.68. The van der Waals surface area contributed by atoms with E-state index in [1.165, 1.54) is 19.3 Å². The fourth-order valence-electron chi connectivity index (χ4n) is 5.69. The number of rotatable bonds is 4. The number of benzene rings is 1. The van der Waals surface area contributed by atoms with Gasteiger partial charge in [-0.25, -0.2) is 0 Å². The van der Waals surface area contributed by atoms with E-state index in [1.54, 1.807) is 6.92 Å². The minimum Gasteiger partial charge on any atom is -0.481 e. The Hall–Kier alpha value is -2.04. The molecule has 0 spiro atoms. The van der Waals surface area contributed by atoms with Crippen molar-refractivity contribution in [1.82, 2.24) is 10.9 Å². The number of hydrogen-bond donors (Lipinski definition) is 2. The first-order valence-corrected chi connectivity index (χ1v) is 9.77. The molecule has 1 aromatic carbocycles. The lowest BCUT2D eigenvalue weighted by Gasteiger charge is -2.55. The van der Waals surface area contributed by atoms with Gasteiger partial charge in [0.05, 0.1) is 5.41 Å². The number of hydrogen-bond acceptors (Lipinski definition) is 3. The maximum atomic E-state index is 12.9. The zero-order valence-corrected chi connectivity index (χ0v) is 15.6. The second-order valence-electron chi connectivity index (χ2n) is 8.72. The van der Waals surface area contributed by atoms with Crippen LogP contribution in [-0.2, 0) is 9.59 Å². The maximum absolute atomic E-state index is 12.9. The van der Waals surface area contributed by atoms with Gasteiger partial charge >= 0.3 is 0 Å². The highest BCUT2D eigenvalue weighted by molar-refractivity contribution is 5.87. The Kier molecular flexibility index (Phi) is 4.41. The number of carbonyl (C=O) groups excluding carboxylic acids is 2. The number of carbonyl (C=O) groups is 2. The molecular formula is C21H28N2O3. The first-order valence-electron chi connectivity index (χ1n) is 9.77. The van der Waals surface area contributed by atoms with Crippen LogP contribution >= 0.6 is 0 Å². The summed E-state index contributed by atoms with van der Waals surface area (Å²) >= 11 is 0. The van der Waals surface area contributed by atoms with Crippen LogP contribution in [0.3, 0.4) is 0 Å². The minimum atomic E-state index is -0.673. The Balaban J connectivity index is 1.32. The highest BCUT2D eigenvalue weighted by Gasteiger charge is 2.54. The lowest BCUT2D eigenvalue weighted by atomic mass is 9.49. The lowest BCUT2D eigenvalue weighted by molar-refractivity contribution is -0.149. The fraction of sp³-hybridized carbons (Fsp3) is 0.619. The van der Waals surface area contributed by atoms with Gasteiger partial charge < -0.3 is 4.74 Å². The van der Waals surface area contributed by atoms with E-state index in [0.29, 0.717) is 23.5 Å². The molecule has 4 aliphatic carbocycles. The molecule has 4 fully saturated rings. The third-order valence-corrected chi connectivity index (χ3v) is 6.49. The molecule has 5 heteroatoms. The number of amides is 2. The molecule has 0 heterocycles. The smallest absolute Gasteiger partial charge is 0.279 e. The first-order chi connectivity index (χ1) is 12.4. The van der Waals surface area contributed by atoms with Crippen molar-refractivity contribution in [3.05, 3.63) is 29.8 Å². The van der Waals surface area contributed by atoms with Crippen molar-refractivity contribution in [3.8, 4) is 5.75 Å². The zero-order chi connectivity index (χ0) is 18.3. The van der Waals surface area contributed by atoms with E-state index >= 15 is 0 Å². The topological polar surface area (TPSA) is 67.4 Å². The average Bonchev–Trinajstić information content (AvgIpc) is 2.58. The van der Waals surface area contributed by atoms with Gasteiger partial charge in [-0.05, 0) is 87.8 Å². The predicted octanol–water partition coefficient (Wildman–Crippen LogP) is 3.13. The molecule has 2 amide bonds.